The van der Waals surface area contributed by atoms with Gasteiger partial charge in [0.2, 0.25) is 0 Å². The summed E-state index contributed by atoms with van der Waals surface area (Å²) in [5.41, 5.74) is 0.646. The van der Waals surface area contributed by atoms with Crippen LogP contribution in [0.5, 0.6) is 0 Å². The first-order chi connectivity index (χ1) is 17.4. The molecule has 0 spiro atoms. The Hall–Kier alpha value is 0.220. The van der Waals surface area contributed by atoms with E-state index in [4.69, 9.17) is 19.0 Å². The summed E-state index contributed by atoms with van der Waals surface area (Å²) in [7, 11) is -7.71. The summed E-state index contributed by atoms with van der Waals surface area (Å²) < 4.78 is 37.5. The third kappa shape index (κ3) is 19.9. The molecule has 0 heterocycles. The van der Waals surface area contributed by atoms with Crippen molar-refractivity contribution in [3.8, 4) is 0 Å². The normalized spacial score (nSPS) is 14.7. The van der Waals surface area contributed by atoms with Gasteiger partial charge in [0.15, 0.2) is 0 Å². The van der Waals surface area contributed by atoms with Crippen molar-refractivity contribution in [3.63, 3.8) is 0 Å². The van der Waals surface area contributed by atoms with Gasteiger partial charge in [0.05, 0.1) is 13.2 Å². The third-order valence-corrected chi connectivity index (χ3v) is 9.47. The number of hydrogen-bond acceptors (Lipinski definition) is 5. The van der Waals surface area contributed by atoms with E-state index in [0.717, 1.165) is 96.7 Å². The lowest BCUT2D eigenvalue weighted by molar-refractivity contribution is 0.113. The largest absolute Gasteiger partial charge is 0.469 e. The SMILES string of the molecule is CCC(CC)(CCCCOCCCCC(CC)(CC)CCCCOP(=O)(O)O)CCCCOP(C)(=O)O. The van der Waals surface area contributed by atoms with Gasteiger partial charge in [0.1, 0.15) is 0 Å². The molecule has 8 nitrogen and oxygen atoms in total. The van der Waals surface area contributed by atoms with Gasteiger partial charge in [0.25, 0.3) is 0 Å². The Labute approximate surface area is 227 Å². The summed E-state index contributed by atoms with van der Waals surface area (Å²) in [5, 5.41) is 0. The second-order valence-electron chi connectivity index (χ2n) is 10.8. The van der Waals surface area contributed by atoms with Crippen molar-refractivity contribution in [3.05, 3.63) is 0 Å². The van der Waals surface area contributed by atoms with E-state index in [2.05, 4.69) is 32.2 Å². The molecule has 0 aromatic rings. The van der Waals surface area contributed by atoms with Crippen LogP contribution in [0.4, 0.5) is 0 Å². The predicted octanol–water partition coefficient (Wildman–Crippen LogP) is 8.24. The number of ether oxygens (including phenoxy) is 1. The maximum Gasteiger partial charge on any atom is 0.469 e. The van der Waals surface area contributed by atoms with Gasteiger partial charge in [-0.1, -0.05) is 79.1 Å². The van der Waals surface area contributed by atoms with E-state index in [0.29, 0.717) is 23.9 Å². The molecule has 0 aliphatic heterocycles. The highest BCUT2D eigenvalue weighted by atomic mass is 31.2. The van der Waals surface area contributed by atoms with E-state index in [-0.39, 0.29) is 6.61 Å². The van der Waals surface area contributed by atoms with Crippen molar-refractivity contribution in [2.45, 2.75) is 130 Å². The van der Waals surface area contributed by atoms with Gasteiger partial charge in [0, 0.05) is 19.9 Å². The first kappa shape index (κ1) is 37.2. The van der Waals surface area contributed by atoms with Crippen LogP contribution in [0.3, 0.4) is 0 Å². The van der Waals surface area contributed by atoms with E-state index in [1.807, 2.05) is 0 Å². The van der Waals surface area contributed by atoms with Gasteiger partial charge >= 0.3 is 15.4 Å². The van der Waals surface area contributed by atoms with Crippen LogP contribution in [-0.4, -0.2) is 47.8 Å². The van der Waals surface area contributed by atoms with E-state index in [1.54, 1.807) is 0 Å². The van der Waals surface area contributed by atoms with E-state index in [9.17, 15) is 14.0 Å². The Morgan fingerprint density at radius 2 is 0.865 bits per heavy atom. The van der Waals surface area contributed by atoms with E-state index >= 15 is 0 Å². The molecule has 0 saturated carbocycles. The van der Waals surface area contributed by atoms with Crippen molar-refractivity contribution >= 4 is 15.4 Å². The fraction of sp³-hybridized carbons (Fsp3) is 1.00. The topological polar surface area (TPSA) is 123 Å². The third-order valence-electron chi connectivity index (χ3n) is 8.28. The molecule has 10 heteroatoms. The van der Waals surface area contributed by atoms with Gasteiger partial charge in [-0.25, -0.2) is 4.57 Å². The monoisotopic (exact) mass is 572 g/mol. The van der Waals surface area contributed by atoms with Gasteiger partial charge in [-0.05, 0) is 62.2 Å². The van der Waals surface area contributed by atoms with Gasteiger partial charge in [-0.2, -0.15) is 0 Å². The van der Waals surface area contributed by atoms with E-state index < -0.39 is 15.4 Å². The molecule has 0 saturated heterocycles. The van der Waals surface area contributed by atoms with Crippen LogP contribution in [0.2, 0.25) is 0 Å². The summed E-state index contributed by atoms with van der Waals surface area (Å²) in [6, 6.07) is 0. The van der Waals surface area contributed by atoms with Gasteiger partial charge in [-0.15, -0.1) is 0 Å². The molecule has 0 fully saturated rings. The van der Waals surface area contributed by atoms with Crippen LogP contribution in [0, 0.1) is 10.8 Å². The Kier molecular flexibility index (Phi) is 20.3. The zero-order valence-corrected chi connectivity index (χ0v) is 26.2. The standard InChI is InChI=1S/C27H58O8P2/c1-6-26(7-2,20-12-16-24-34-36(5,28)29)18-10-14-22-33-23-15-11-19-27(8-3,9-4)21-13-17-25-35-37(30,31)32/h6-25H2,1-5H3,(H,28,29)(H2,30,31,32). The zero-order chi connectivity index (χ0) is 28.3. The number of phosphoric ester groups is 1. The second kappa shape index (κ2) is 20.2. The quantitative estimate of drug-likeness (QED) is 0.0699. The Bertz CT molecular complexity index is 584. The molecule has 0 aromatic carbocycles. The van der Waals surface area contributed by atoms with Crippen molar-refractivity contribution in [2.75, 3.05) is 33.1 Å². The Morgan fingerprint density at radius 1 is 0.541 bits per heavy atom. The lowest BCUT2D eigenvalue weighted by atomic mass is 9.74. The van der Waals surface area contributed by atoms with E-state index in [1.165, 1.54) is 19.5 Å². The van der Waals surface area contributed by atoms with Crippen LogP contribution >= 0.6 is 15.4 Å². The maximum atomic E-state index is 11.2. The predicted molar refractivity (Wildman–Crippen MR) is 152 cm³/mol. The highest BCUT2D eigenvalue weighted by molar-refractivity contribution is 7.51. The minimum absolute atomic E-state index is 0.113. The van der Waals surface area contributed by atoms with Crippen molar-refractivity contribution in [1.82, 2.24) is 0 Å². The van der Waals surface area contributed by atoms with Crippen LogP contribution in [0.1, 0.15) is 130 Å². The van der Waals surface area contributed by atoms with Crippen molar-refractivity contribution in [1.29, 1.82) is 0 Å². The lowest BCUT2D eigenvalue weighted by Crippen LogP contribution is -2.19. The van der Waals surface area contributed by atoms with Crippen molar-refractivity contribution in [2.24, 2.45) is 10.8 Å². The lowest BCUT2D eigenvalue weighted by Gasteiger charge is -2.32. The maximum absolute atomic E-state index is 11.2. The van der Waals surface area contributed by atoms with Crippen LogP contribution in [0.15, 0.2) is 0 Å². The molecule has 1 atom stereocenters. The molecule has 0 aliphatic rings. The number of unbranched alkanes of at least 4 members (excludes halogenated alkanes) is 4. The van der Waals surface area contributed by atoms with Crippen molar-refractivity contribution < 1.29 is 37.6 Å². The smallest absolute Gasteiger partial charge is 0.381 e. The molecule has 0 aliphatic carbocycles. The average molecular weight is 573 g/mol. The summed E-state index contributed by atoms with van der Waals surface area (Å²) in [5.74, 6) is 0. The molecule has 0 radical (unpaired) electrons. The first-order valence-electron chi connectivity index (χ1n) is 14.6. The Morgan fingerprint density at radius 3 is 1.16 bits per heavy atom. The number of hydrogen-bond donors (Lipinski definition) is 3. The summed E-state index contributed by atoms with van der Waals surface area (Å²) in [4.78, 5) is 26.8. The summed E-state index contributed by atoms with van der Waals surface area (Å²) >= 11 is 0. The number of phosphoric acid groups is 1. The second-order valence-corrected chi connectivity index (χ2v) is 13.9. The van der Waals surface area contributed by atoms with Gasteiger partial charge in [-0.3, -0.25) is 9.09 Å². The molecular weight excluding hydrogens is 514 g/mol. The molecule has 0 rings (SSSR count). The zero-order valence-electron chi connectivity index (χ0n) is 24.4. The molecule has 0 aromatic heterocycles. The molecule has 224 valence electrons. The summed E-state index contributed by atoms with van der Waals surface area (Å²) in [6.07, 6.45) is 17.0. The molecular formula is C27H58O8P2. The Balaban J connectivity index is 4.05. The molecule has 0 bridgehead atoms. The average Bonchev–Trinajstić information content (AvgIpc) is 2.83. The van der Waals surface area contributed by atoms with Crippen LogP contribution in [0.25, 0.3) is 0 Å². The fourth-order valence-electron chi connectivity index (χ4n) is 5.30. The van der Waals surface area contributed by atoms with Crippen LogP contribution in [-0.2, 0) is 22.9 Å². The molecule has 37 heavy (non-hydrogen) atoms. The van der Waals surface area contributed by atoms with Gasteiger partial charge < -0.3 is 23.9 Å². The number of rotatable bonds is 26. The highest BCUT2D eigenvalue weighted by Gasteiger charge is 2.26. The first-order valence-corrected chi connectivity index (χ1v) is 18.1. The summed E-state index contributed by atoms with van der Waals surface area (Å²) in [6.45, 7) is 12.3. The molecule has 1 unspecified atom stereocenters. The minimum Gasteiger partial charge on any atom is -0.381 e. The molecule has 0 amide bonds. The fourth-order valence-corrected chi connectivity index (χ4v) is 6.13. The highest BCUT2D eigenvalue weighted by Crippen LogP contribution is 2.40. The minimum atomic E-state index is -4.35. The molecule has 3 N–H and O–H groups in total. The van der Waals surface area contributed by atoms with Crippen LogP contribution < -0.4 is 0 Å².